The van der Waals surface area contributed by atoms with Crippen molar-refractivity contribution in [1.82, 2.24) is 15.6 Å². The van der Waals surface area contributed by atoms with Crippen molar-refractivity contribution in [3.05, 3.63) is 41.5 Å². The highest BCUT2D eigenvalue weighted by atomic mass is 32.1. The molecule has 2 N–H and O–H groups in total. The number of benzene rings is 1. The molecule has 1 aromatic carbocycles. The van der Waals surface area contributed by atoms with Crippen LogP contribution in [0, 0.1) is 17.2 Å². The van der Waals surface area contributed by atoms with E-state index in [1.807, 2.05) is 37.3 Å². The minimum Gasteiger partial charge on any atom is -0.330 e. The predicted octanol–water partition coefficient (Wildman–Crippen LogP) is 2.04. The van der Waals surface area contributed by atoms with Gasteiger partial charge in [0, 0.05) is 25.2 Å². The third-order valence-corrected chi connectivity index (χ3v) is 5.04. The minimum absolute atomic E-state index is 0.0648. The maximum atomic E-state index is 12.4. The molecule has 1 aromatic heterocycles. The van der Waals surface area contributed by atoms with Gasteiger partial charge in [0.25, 0.3) is 5.91 Å². The molecule has 1 amide bonds. The van der Waals surface area contributed by atoms with Crippen LogP contribution in [0.3, 0.4) is 0 Å². The van der Waals surface area contributed by atoms with Gasteiger partial charge in [-0.2, -0.15) is 5.26 Å². The molecule has 0 aliphatic carbocycles. The second-order valence-corrected chi connectivity index (χ2v) is 6.50. The zero-order valence-electron chi connectivity index (χ0n) is 12.2. The lowest BCUT2D eigenvalue weighted by Gasteiger charge is -2.25. The van der Waals surface area contributed by atoms with Gasteiger partial charge in [-0.05, 0) is 5.56 Å². The monoisotopic (exact) mass is 312 g/mol. The Balaban J connectivity index is 1.79. The highest BCUT2D eigenvalue weighted by Crippen LogP contribution is 2.27. The fourth-order valence-corrected chi connectivity index (χ4v) is 3.37. The number of carbonyl (C=O) groups is 1. The highest BCUT2D eigenvalue weighted by Gasteiger charge is 2.42. The Morgan fingerprint density at radius 1 is 1.50 bits per heavy atom. The first-order valence-corrected chi connectivity index (χ1v) is 7.92. The Morgan fingerprint density at radius 2 is 2.27 bits per heavy atom. The zero-order chi connectivity index (χ0) is 15.6. The Kier molecular flexibility index (Phi) is 3.92. The number of rotatable bonds is 3. The summed E-state index contributed by atoms with van der Waals surface area (Å²) in [6.07, 6.45) is 1.70. The molecule has 0 spiro atoms. The summed E-state index contributed by atoms with van der Waals surface area (Å²) >= 11 is 1.33. The highest BCUT2D eigenvalue weighted by molar-refractivity contribution is 7.17. The average Bonchev–Trinajstić information content (AvgIpc) is 3.16. The molecule has 2 heterocycles. The first-order chi connectivity index (χ1) is 10.6. The molecule has 3 rings (SSSR count). The van der Waals surface area contributed by atoms with Crippen molar-refractivity contribution in [2.45, 2.75) is 12.5 Å². The number of hydrogen-bond donors (Lipinski definition) is 2. The molecule has 0 radical (unpaired) electrons. The number of thiazole rings is 1. The topological polar surface area (TPSA) is 77.8 Å². The third kappa shape index (κ3) is 2.61. The predicted molar refractivity (Wildman–Crippen MR) is 85.4 cm³/mol. The first-order valence-electron chi connectivity index (χ1n) is 7.10. The van der Waals surface area contributed by atoms with Crippen LogP contribution in [0.5, 0.6) is 0 Å². The molecule has 2 aromatic rings. The Morgan fingerprint density at radius 3 is 2.91 bits per heavy atom. The number of nitriles is 1. The quantitative estimate of drug-likeness (QED) is 0.909. The van der Waals surface area contributed by atoms with Gasteiger partial charge in [-0.3, -0.25) is 4.79 Å². The van der Waals surface area contributed by atoms with Crippen LogP contribution in [0.4, 0.5) is 0 Å². The molecule has 5 nitrogen and oxygen atoms in total. The van der Waals surface area contributed by atoms with Crippen LogP contribution in [0.1, 0.15) is 16.7 Å². The number of nitrogens with one attached hydrogen (secondary N) is 2. The Hall–Kier alpha value is -2.23. The first kappa shape index (κ1) is 14.7. The molecular weight excluding hydrogens is 296 g/mol. The number of amides is 1. The van der Waals surface area contributed by atoms with Crippen molar-refractivity contribution < 1.29 is 4.79 Å². The van der Waals surface area contributed by atoms with Crippen LogP contribution in [0.15, 0.2) is 36.5 Å². The van der Waals surface area contributed by atoms with Crippen molar-refractivity contribution in [2.75, 3.05) is 13.1 Å². The summed E-state index contributed by atoms with van der Waals surface area (Å²) in [6.45, 7) is 3.15. The maximum absolute atomic E-state index is 12.4. The number of carbonyl (C=O) groups excluding carboxylic acids is 1. The van der Waals surface area contributed by atoms with E-state index >= 15 is 0 Å². The molecule has 0 saturated carbocycles. The molecule has 6 heteroatoms. The molecule has 22 heavy (non-hydrogen) atoms. The number of nitrogens with zero attached hydrogens (tertiary/aromatic N) is 2. The lowest BCUT2D eigenvalue weighted by atomic mass is 9.90. The van der Waals surface area contributed by atoms with E-state index in [9.17, 15) is 10.1 Å². The van der Waals surface area contributed by atoms with Crippen molar-refractivity contribution in [3.63, 3.8) is 0 Å². The lowest BCUT2D eigenvalue weighted by molar-refractivity contribution is 0.0912. The SMILES string of the molecule is C[C@H]1CNC[C@]1(C#N)NC(=O)c1ncc(-c2ccccc2)s1. The van der Waals surface area contributed by atoms with Gasteiger partial charge < -0.3 is 10.6 Å². The van der Waals surface area contributed by atoms with E-state index in [1.54, 1.807) is 6.20 Å². The van der Waals surface area contributed by atoms with E-state index in [0.29, 0.717) is 11.6 Å². The molecule has 1 fully saturated rings. The van der Waals surface area contributed by atoms with E-state index in [2.05, 4.69) is 21.7 Å². The van der Waals surface area contributed by atoms with E-state index in [0.717, 1.165) is 17.0 Å². The van der Waals surface area contributed by atoms with Gasteiger partial charge in [0.1, 0.15) is 5.54 Å². The molecule has 2 atom stereocenters. The van der Waals surface area contributed by atoms with E-state index in [-0.39, 0.29) is 11.8 Å². The van der Waals surface area contributed by atoms with Crippen LogP contribution < -0.4 is 10.6 Å². The third-order valence-electron chi connectivity index (χ3n) is 3.99. The smallest absolute Gasteiger partial charge is 0.281 e. The Bertz CT molecular complexity index is 721. The van der Waals surface area contributed by atoms with Gasteiger partial charge in [-0.25, -0.2) is 4.98 Å². The normalized spacial score (nSPS) is 23.9. The van der Waals surface area contributed by atoms with Crippen molar-refractivity contribution in [1.29, 1.82) is 5.26 Å². The summed E-state index contributed by atoms with van der Waals surface area (Å²) in [5, 5.41) is 15.8. The van der Waals surface area contributed by atoms with E-state index in [1.165, 1.54) is 11.3 Å². The van der Waals surface area contributed by atoms with Gasteiger partial charge >= 0.3 is 0 Å². The summed E-state index contributed by atoms with van der Waals surface area (Å²) in [5.74, 6) is -0.223. The van der Waals surface area contributed by atoms with Crippen LogP contribution >= 0.6 is 11.3 Å². The zero-order valence-corrected chi connectivity index (χ0v) is 13.0. The van der Waals surface area contributed by atoms with Gasteiger partial charge in [-0.1, -0.05) is 37.3 Å². The summed E-state index contributed by atoms with van der Waals surface area (Å²) in [6, 6.07) is 12.1. The molecule has 1 aliphatic heterocycles. The number of hydrogen-bond acceptors (Lipinski definition) is 5. The Labute approximate surface area is 133 Å². The standard InChI is InChI=1S/C16H16N4OS/c1-11-7-18-10-16(11,9-17)20-14(21)15-19-8-13(22-15)12-5-3-2-4-6-12/h2-6,8,11,18H,7,10H2,1H3,(H,20,21)/t11-,16-/m0/s1. The molecule has 112 valence electrons. The second kappa shape index (κ2) is 5.87. The van der Waals surface area contributed by atoms with Crippen molar-refractivity contribution in [3.8, 4) is 16.5 Å². The van der Waals surface area contributed by atoms with Crippen molar-refractivity contribution >= 4 is 17.2 Å². The minimum atomic E-state index is -0.852. The fourth-order valence-electron chi connectivity index (χ4n) is 2.55. The molecule has 1 saturated heterocycles. The second-order valence-electron chi connectivity index (χ2n) is 5.46. The van der Waals surface area contributed by atoms with Crippen LogP contribution in [0.2, 0.25) is 0 Å². The summed E-state index contributed by atoms with van der Waals surface area (Å²) in [5.41, 5.74) is 0.181. The maximum Gasteiger partial charge on any atom is 0.281 e. The van der Waals surface area contributed by atoms with Crippen LogP contribution in [-0.2, 0) is 0 Å². The average molecular weight is 312 g/mol. The van der Waals surface area contributed by atoms with Crippen molar-refractivity contribution in [2.24, 2.45) is 5.92 Å². The summed E-state index contributed by atoms with van der Waals surface area (Å²) in [7, 11) is 0. The van der Waals surface area contributed by atoms with Crippen LogP contribution in [-0.4, -0.2) is 29.5 Å². The van der Waals surface area contributed by atoms with Crippen LogP contribution in [0.25, 0.3) is 10.4 Å². The molecular formula is C16H16N4OS. The summed E-state index contributed by atoms with van der Waals surface area (Å²) < 4.78 is 0. The van der Waals surface area contributed by atoms with Gasteiger partial charge in [0.2, 0.25) is 0 Å². The van der Waals surface area contributed by atoms with Gasteiger partial charge in [0.05, 0.1) is 10.9 Å². The van der Waals surface area contributed by atoms with E-state index in [4.69, 9.17) is 0 Å². The van der Waals surface area contributed by atoms with E-state index < -0.39 is 5.54 Å². The van der Waals surface area contributed by atoms with Gasteiger partial charge in [-0.15, -0.1) is 11.3 Å². The summed E-state index contributed by atoms with van der Waals surface area (Å²) in [4.78, 5) is 17.6. The molecule has 1 aliphatic rings. The largest absolute Gasteiger partial charge is 0.330 e. The lowest BCUT2D eigenvalue weighted by Crippen LogP contribution is -2.52. The molecule has 0 bridgehead atoms. The number of aromatic nitrogens is 1. The fraction of sp³-hybridized carbons (Fsp3) is 0.312. The molecule has 0 unspecified atom stereocenters. The van der Waals surface area contributed by atoms with Gasteiger partial charge in [0.15, 0.2) is 5.01 Å².